The Balaban J connectivity index is 1.73. The Bertz CT molecular complexity index is 959. The Hall–Kier alpha value is -2.80. The third-order valence-corrected chi connectivity index (χ3v) is 3.97. The molecule has 0 atom stereocenters. The zero-order valence-corrected chi connectivity index (χ0v) is 14.9. The SMILES string of the molecule is CC(=O)c1ccccc1NC(=O)COc1ncnc2ccc(Br)cc12. The van der Waals surface area contributed by atoms with Crippen LogP contribution in [-0.4, -0.2) is 28.3 Å². The Morgan fingerprint density at radius 3 is 2.76 bits per heavy atom. The highest BCUT2D eigenvalue weighted by molar-refractivity contribution is 9.10. The first-order chi connectivity index (χ1) is 12.0. The van der Waals surface area contributed by atoms with Crippen LogP contribution in [0.4, 0.5) is 5.69 Å². The lowest BCUT2D eigenvalue weighted by Crippen LogP contribution is -2.21. The van der Waals surface area contributed by atoms with Gasteiger partial charge in [0, 0.05) is 10.0 Å². The fraction of sp³-hybridized carbons (Fsp3) is 0.111. The van der Waals surface area contributed by atoms with Crippen molar-refractivity contribution < 1.29 is 14.3 Å². The van der Waals surface area contributed by atoms with Crippen LogP contribution in [-0.2, 0) is 4.79 Å². The summed E-state index contributed by atoms with van der Waals surface area (Å²) < 4.78 is 6.40. The number of halogens is 1. The van der Waals surface area contributed by atoms with Gasteiger partial charge in [0.05, 0.1) is 16.6 Å². The predicted molar refractivity (Wildman–Crippen MR) is 97.8 cm³/mol. The molecule has 1 heterocycles. The van der Waals surface area contributed by atoms with Gasteiger partial charge in [0.2, 0.25) is 5.88 Å². The maximum absolute atomic E-state index is 12.2. The van der Waals surface area contributed by atoms with Crippen LogP contribution in [0.15, 0.2) is 53.3 Å². The molecule has 0 aliphatic rings. The number of benzene rings is 2. The van der Waals surface area contributed by atoms with Crippen LogP contribution in [0, 0.1) is 0 Å². The van der Waals surface area contributed by atoms with Crippen LogP contribution < -0.4 is 10.1 Å². The van der Waals surface area contributed by atoms with E-state index in [2.05, 4.69) is 31.2 Å². The monoisotopic (exact) mass is 399 g/mol. The number of hydrogen-bond donors (Lipinski definition) is 1. The highest BCUT2D eigenvalue weighted by Crippen LogP contribution is 2.25. The fourth-order valence-electron chi connectivity index (χ4n) is 2.34. The third-order valence-electron chi connectivity index (χ3n) is 3.48. The number of ketones is 1. The van der Waals surface area contributed by atoms with Crippen molar-refractivity contribution in [1.29, 1.82) is 0 Å². The smallest absolute Gasteiger partial charge is 0.262 e. The number of nitrogens with zero attached hydrogens (tertiary/aromatic N) is 2. The molecule has 25 heavy (non-hydrogen) atoms. The third kappa shape index (κ3) is 4.00. The first-order valence-electron chi connectivity index (χ1n) is 7.47. The van der Waals surface area contributed by atoms with E-state index in [9.17, 15) is 9.59 Å². The normalized spacial score (nSPS) is 10.5. The van der Waals surface area contributed by atoms with E-state index >= 15 is 0 Å². The van der Waals surface area contributed by atoms with Gasteiger partial charge in [-0.15, -0.1) is 0 Å². The molecule has 6 nitrogen and oxygen atoms in total. The van der Waals surface area contributed by atoms with Crippen LogP contribution in [0.1, 0.15) is 17.3 Å². The number of hydrogen-bond acceptors (Lipinski definition) is 5. The van der Waals surface area contributed by atoms with Crippen molar-refractivity contribution in [2.75, 3.05) is 11.9 Å². The molecule has 0 saturated heterocycles. The van der Waals surface area contributed by atoms with E-state index in [0.29, 0.717) is 22.5 Å². The Labute approximate surface area is 152 Å². The minimum absolute atomic E-state index is 0.122. The van der Waals surface area contributed by atoms with Gasteiger partial charge >= 0.3 is 0 Å². The Morgan fingerprint density at radius 1 is 1.16 bits per heavy atom. The fourth-order valence-corrected chi connectivity index (χ4v) is 2.70. The van der Waals surface area contributed by atoms with Crippen molar-refractivity contribution in [3.63, 3.8) is 0 Å². The van der Waals surface area contributed by atoms with Gasteiger partial charge in [-0.25, -0.2) is 9.97 Å². The van der Waals surface area contributed by atoms with Gasteiger partial charge in [-0.3, -0.25) is 9.59 Å². The summed E-state index contributed by atoms with van der Waals surface area (Å²) in [5.74, 6) is -0.180. The first-order valence-corrected chi connectivity index (χ1v) is 8.27. The maximum atomic E-state index is 12.2. The van der Waals surface area contributed by atoms with Gasteiger partial charge < -0.3 is 10.1 Å². The van der Waals surface area contributed by atoms with Gasteiger partial charge in [0.1, 0.15) is 6.33 Å². The summed E-state index contributed by atoms with van der Waals surface area (Å²) in [4.78, 5) is 32.0. The van der Waals surface area contributed by atoms with Crippen LogP contribution in [0.2, 0.25) is 0 Å². The molecule has 126 valence electrons. The number of Topliss-reactive ketones (excluding diaryl/α,β-unsaturated/α-hetero) is 1. The lowest BCUT2D eigenvalue weighted by molar-refractivity contribution is -0.118. The van der Waals surface area contributed by atoms with E-state index in [-0.39, 0.29) is 18.3 Å². The first kappa shape index (κ1) is 17.0. The molecular formula is C18H14BrN3O3. The zero-order valence-electron chi connectivity index (χ0n) is 13.3. The Kier molecular flexibility index (Phi) is 5.04. The van der Waals surface area contributed by atoms with Crippen LogP contribution in [0.3, 0.4) is 0 Å². The standard InChI is InChI=1S/C18H14BrN3O3/c1-11(23)13-4-2-3-5-16(13)22-17(24)9-25-18-14-8-12(19)6-7-15(14)20-10-21-18/h2-8,10H,9H2,1H3,(H,22,24). The molecular weight excluding hydrogens is 386 g/mol. The second-order valence-electron chi connectivity index (χ2n) is 5.28. The van der Waals surface area contributed by atoms with Crippen molar-refractivity contribution in [1.82, 2.24) is 9.97 Å². The molecule has 2 aromatic carbocycles. The van der Waals surface area contributed by atoms with Crippen LogP contribution >= 0.6 is 15.9 Å². The van der Waals surface area contributed by atoms with Crippen molar-refractivity contribution in [3.8, 4) is 5.88 Å². The molecule has 1 N–H and O–H groups in total. The number of carbonyl (C=O) groups excluding carboxylic acids is 2. The summed E-state index contributed by atoms with van der Waals surface area (Å²) in [7, 11) is 0. The number of nitrogens with one attached hydrogen (secondary N) is 1. The number of carbonyl (C=O) groups is 2. The topological polar surface area (TPSA) is 81.2 Å². The van der Waals surface area contributed by atoms with Crippen molar-refractivity contribution in [2.45, 2.75) is 6.92 Å². The number of aromatic nitrogens is 2. The molecule has 1 amide bonds. The summed E-state index contributed by atoms with van der Waals surface area (Å²) in [6.45, 7) is 1.22. The summed E-state index contributed by atoms with van der Waals surface area (Å²) >= 11 is 3.39. The van der Waals surface area contributed by atoms with Crippen molar-refractivity contribution in [3.05, 3.63) is 58.8 Å². The number of rotatable bonds is 5. The number of ether oxygens (including phenoxy) is 1. The molecule has 0 unspecified atom stereocenters. The maximum Gasteiger partial charge on any atom is 0.262 e. The molecule has 0 aliphatic carbocycles. The summed E-state index contributed by atoms with van der Waals surface area (Å²) in [6, 6.07) is 12.3. The molecule has 0 saturated carbocycles. The summed E-state index contributed by atoms with van der Waals surface area (Å²) in [5.41, 5.74) is 1.63. The van der Waals surface area contributed by atoms with E-state index in [0.717, 1.165) is 9.99 Å². The lowest BCUT2D eigenvalue weighted by atomic mass is 10.1. The van der Waals surface area contributed by atoms with E-state index in [1.807, 2.05) is 18.2 Å². The molecule has 0 bridgehead atoms. The largest absolute Gasteiger partial charge is 0.467 e. The second-order valence-corrected chi connectivity index (χ2v) is 6.19. The van der Waals surface area contributed by atoms with Crippen molar-refractivity contribution >= 4 is 44.2 Å². The van der Waals surface area contributed by atoms with Gasteiger partial charge in [-0.1, -0.05) is 28.1 Å². The number of anilines is 1. The van der Waals surface area contributed by atoms with Crippen LogP contribution in [0.25, 0.3) is 10.9 Å². The van der Waals surface area contributed by atoms with E-state index in [1.54, 1.807) is 24.3 Å². The summed E-state index contributed by atoms with van der Waals surface area (Å²) in [6.07, 6.45) is 1.38. The highest BCUT2D eigenvalue weighted by Gasteiger charge is 2.12. The molecule has 3 rings (SSSR count). The van der Waals surface area contributed by atoms with E-state index in [1.165, 1.54) is 13.3 Å². The lowest BCUT2D eigenvalue weighted by Gasteiger charge is -2.10. The molecule has 1 aromatic heterocycles. The van der Waals surface area contributed by atoms with Crippen LogP contribution in [0.5, 0.6) is 5.88 Å². The molecule has 7 heteroatoms. The van der Waals surface area contributed by atoms with Gasteiger partial charge in [0.15, 0.2) is 12.4 Å². The van der Waals surface area contributed by atoms with Gasteiger partial charge in [-0.05, 0) is 37.3 Å². The van der Waals surface area contributed by atoms with E-state index in [4.69, 9.17) is 4.74 Å². The van der Waals surface area contributed by atoms with Gasteiger partial charge in [0.25, 0.3) is 5.91 Å². The molecule has 0 spiro atoms. The Morgan fingerprint density at radius 2 is 1.96 bits per heavy atom. The average molecular weight is 400 g/mol. The minimum Gasteiger partial charge on any atom is -0.467 e. The quantitative estimate of drug-likeness (QED) is 0.662. The summed E-state index contributed by atoms with van der Waals surface area (Å²) in [5, 5.41) is 3.39. The molecule has 0 aliphatic heterocycles. The molecule has 0 radical (unpaired) electrons. The van der Waals surface area contributed by atoms with Crippen molar-refractivity contribution in [2.24, 2.45) is 0 Å². The highest BCUT2D eigenvalue weighted by atomic mass is 79.9. The molecule has 0 fully saturated rings. The van der Waals surface area contributed by atoms with Gasteiger partial charge in [-0.2, -0.15) is 0 Å². The average Bonchev–Trinajstić information content (AvgIpc) is 2.60. The minimum atomic E-state index is -0.379. The number of fused-ring (bicyclic) bond motifs is 1. The number of para-hydroxylation sites is 1. The predicted octanol–water partition coefficient (Wildman–Crippen LogP) is 3.61. The molecule has 3 aromatic rings. The number of amides is 1. The second kappa shape index (κ2) is 7.40. The zero-order chi connectivity index (χ0) is 17.8. The van der Waals surface area contributed by atoms with E-state index < -0.39 is 0 Å².